The lowest BCUT2D eigenvalue weighted by Gasteiger charge is -2.25. The first kappa shape index (κ1) is 32.4. The van der Waals surface area contributed by atoms with Crippen LogP contribution in [-0.2, 0) is 32.0 Å². The minimum atomic E-state index is -1.04. The summed E-state index contributed by atoms with van der Waals surface area (Å²) in [6.07, 6.45) is 1.77. The van der Waals surface area contributed by atoms with Crippen LogP contribution < -0.4 is 5.73 Å². The highest BCUT2D eigenvalue weighted by molar-refractivity contribution is 7.99. The fraction of sp³-hybridized carbons (Fsp3) is 0.607. The minimum absolute atomic E-state index is 0.0390. The second-order valence-electron chi connectivity index (χ2n) is 9.35. The Hall–Kier alpha value is -2.16. The number of rotatable bonds is 9. The van der Waals surface area contributed by atoms with Gasteiger partial charge in [0.1, 0.15) is 5.69 Å². The van der Waals surface area contributed by atoms with Gasteiger partial charge < -0.3 is 29.8 Å². The van der Waals surface area contributed by atoms with Crippen LogP contribution in [0, 0.1) is 0 Å². The van der Waals surface area contributed by atoms with Crippen LogP contribution in [0.2, 0.25) is 0 Å². The standard InChI is InChI=1S/C28H43N5O6S/c29-7-19-40-23-26-22-38-15-11-32(21-25-5-3-6-27(31-25)28(34)35)9-13-36-17-18-37-14-10-33(12-16-39-26)20-24-4-1-2-8-30-24/h1-6,8,26H,7,9-23,29H2,(H,34,35)/t26-/m0/s1. The number of ether oxygens (including phenoxy) is 4. The highest BCUT2D eigenvalue weighted by atomic mass is 32.2. The van der Waals surface area contributed by atoms with Gasteiger partial charge in [0, 0.05) is 63.5 Å². The average molecular weight is 578 g/mol. The molecule has 0 aromatic carbocycles. The van der Waals surface area contributed by atoms with Crippen molar-refractivity contribution in [2.45, 2.75) is 19.2 Å². The van der Waals surface area contributed by atoms with E-state index < -0.39 is 5.97 Å². The smallest absolute Gasteiger partial charge is 0.354 e. The van der Waals surface area contributed by atoms with Gasteiger partial charge in [-0.3, -0.25) is 14.8 Å². The summed E-state index contributed by atoms with van der Waals surface area (Å²) in [5.74, 6) is 0.648. The van der Waals surface area contributed by atoms with Crippen molar-refractivity contribution < 1.29 is 28.8 Å². The number of carboxylic acid groups (broad SMARTS) is 1. The lowest BCUT2D eigenvalue weighted by atomic mass is 10.3. The van der Waals surface area contributed by atoms with Crippen LogP contribution in [0.5, 0.6) is 0 Å². The van der Waals surface area contributed by atoms with Crippen molar-refractivity contribution in [3.05, 3.63) is 59.7 Å². The summed E-state index contributed by atoms with van der Waals surface area (Å²) in [6.45, 7) is 8.39. The molecule has 2 aromatic rings. The number of aromatic nitrogens is 2. The van der Waals surface area contributed by atoms with Gasteiger partial charge in [-0.15, -0.1) is 0 Å². The molecule has 3 rings (SSSR count). The topological polar surface area (TPSA) is 132 Å². The van der Waals surface area contributed by atoms with Crippen LogP contribution in [0.1, 0.15) is 21.9 Å². The zero-order valence-corrected chi connectivity index (χ0v) is 24.0. The van der Waals surface area contributed by atoms with Crippen LogP contribution in [0.4, 0.5) is 0 Å². The molecule has 3 heterocycles. The molecule has 0 spiro atoms. The second kappa shape index (κ2) is 19.8. The van der Waals surface area contributed by atoms with Crippen molar-refractivity contribution in [1.82, 2.24) is 19.8 Å². The number of pyridine rings is 2. The Labute approximate surface area is 241 Å². The summed E-state index contributed by atoms with van der Waals surface area (Å²) in [6, 6.07) is 11.0. The van der Waals surface area contributed by atoms with Crippen LogP contribution >= 0.6 is 11.8 Å². The van der Waals surface area contributed by atoms with Gasteiger partial charge in [-0.1, -0.05) is 12.1 Å². The van der Waals surface area contributed by atoms with Crippen molar-refractivity contribution in [2.75, 3.05) is 90.5 Å². The molecule has 0 amide bonds. The molecule has 1 atom stereocenters. The van der Waals surface area contributed by atoms with Gasteiger partial charge in [-0.25, -0.2) is 9.78 Å². The molecule has 1 fully saturated rings. The number of aromatic carboxylic acids is 1. The fourth-order valence-electron chi connectivity index (χ4n) is 4.09. The van der Waals surface area contributed by atoms with E-state index in [4.69, 9.17) is 24.7 Å². The molecule has 12 heteroatoms. The molecule has 0 saturated carbocycles. The number of nitrogens with zero attached hydrogens (tertiary/aromatic N) is 4. The Kier molecular flexibility index (Phi) is 16.0. The summed E-state index contributed by atoms with van der Waals surface area (Å²) in [5, 5.41) is 9.28. The highest BCUT2D eigenvalue weighted by Gasteiger charge is 2.15. The van der Waals surface area contributed by atoms with E-state index >= 15 is 0 Å². The maximum absolute atomic E-state index is 11.3. The molecular weight excluding hydrogens is 534 g/mol. The molecule has 40 heavy (non-hydrogen) atoms. The van der Waals surface area contributed by atoms with Crippen molar-refractivity contribution >= 4 is 17.7 Å². The van der Waals surface area contributed by atoms with Crippen molar-refractivity contribution in [3.8, 4) is 0 Å². The van der Waals surface area contributed by atoms with Crippen LogP contribution in [0.3, 0.4) is 0 Å². The molecule has 222 valence electrons. The van der Waals surface area contributed by atoms with Crippen molar-refractivity contribution in [1.29, 1.82) is 0 Å². The van der Waals surface area contributed by atoms with E-state index in [9.17, 15) is 9.90 Å². The van der Waals surface area contributed by atoms with E-state index in [-0.39, 0.29) is 11.8 Å². The third-order valence-corrected chi connectivity index (χ3v) is 7.31. The molecule has 0 aliphatic carbocycles. The van der Waals surface area contributed by atoms with Crippen LogP contribution in [0.15, 0.2) is 42.6 Å². The summed E-state index contributed by atoms with van der Waals surface area (Å²) in [5.41, 5.74) is 7.44. The van der Waals surface area contributed by atoms with Crippen LogP contribution in [0.25, 0.3) is 0 Å². The second-order valence-corrected chi connectivity index (χ2v) is 10.5. The third-order valence-electron chi connectivity index (χ3n) is 6.18. The van der Waals surface area contributed by atoms with Crippen molar-refractivity contribution in [2.24, 2.45) is 5.73 Å². The molecule has 0 bridgehead atoms. The maximum atomic E-state index is 11.3. The van der Waals surface area contributed by atoms with E-state index in [1.165, 1.54) is 6.07 Å². The Bertz CT molecular complexity index is 960. The third kappa shape index (κ3) is 13.5. The van der Waals surface area contributed by atoms with Crippen molar-refractivity contribution in [3.63, 3.8) is 0 Å². The van der Waals surface area contributed by atoms with E-state index in [0.29, 0.717) is 78.1 Å². The quantitative estimate of drug-likeness (QED) is 0.420. The fourth-order valence-corrected chi connectivity index (χ4v) is 4.87. The Balaban J connectivity index is 1.57. The lowest BCUT2D eigenvalue weighted by Crippen LogP contribution is -2.35. The molecule has 1 saturated heterocycles. The molecule has 0 unspecified atom stereocenters. The summed E-state index contributed by atoms with van der Waals surface area (Å²) < 4.78 is 24.0. The maximum Gasteiger partial charge on any atom is 0.354 e. The number of thioether (sulfide) groups is 1. The first-order valence-electron chi connectivity index (χ1n) is 13.8. The zero-order chi connectivity index (χ0) is 28.3. The molecular formula is C28H43N5O6S. The number of carboxylic acids is 1. The van der Waals surface area contributed by atoms with E-state index in [0.717, 1.165) is 36.8 Å². The van der Waals surface area contributed by atoms with Gasteiger partial charge in [-0.05, 0) is 24.3 Å². The largest absolute Gasteiger partial charge is 0.477 e. The molecule has 11 nitrogen and oxygen atoms in total. The molecule has 3 N–H and O–H groups in total. The number of nitrogens with two attached hydrogens (primary N) is 1. The predicted molar refractivity (Wildman–Crippen MR) is 155 cm³/mol. The molecule has 0 radical (unpaired) electrons. The minimum Gasteiger partial charge on any atom is -0.477 e. The SMILES string of the molecule is NCCSC[C@@H]1COCCN(Cc2cccc(C(=O)O)n2)CCOCCOCCN(Cc2ccccn2)CCO1. The van der Waals surface area contributed by atoms with Gasteiger partial charge in [0.25, 0.3) is 0 Å². The molecule has 1 aliphatic rings. The predicted octanol–water partition coefficient (Wildman–Crippen LogP) is 1.62. The Morgan fingerprint density at radius 1 is 0.900 bits per heavy atom. The van der Waals surface area contributed by atoms with Gasteiger partial charge in [0.05, 0.1) is 63.7 Å². The van der Waals surface area contributed by atoms with E-state index in [1.54, 1.807) is 17.8 Å². The van der Waals surface area contributed by atoms with Gasteiger partial charge in [-0.2, -0.15) is 11.8 Å². The summed E-state index contributed by atoms with van der Waals surface area (Å²) in [7, 11) is 0. The normalized spacial score (nSPS) is 20.0. The lowest BCUT2D eigenvalue weighted by molar-refractivity contribution is -0.0238. The molecule has 2 aromatic heterocycles. The van der Waals surface area contributed by atoms with E-state index in [1.807, 2.05) is 30.5 Å². The summed E-state index contributed by atoms with van der Waals surface area (Å²) in [4.78, 5) is 24.5. The average Bonchev–Trinajstić information content (AvgIpc) is 2.96. The zero-order valence-electron chi connectivity index (χ0n) is 23.2. The first-order chi connectivity index (χ1) is 19.6. The summed E-state index contributed by atoms with van der Waals surface area (Å²) >= 11 is 1.77. The number of hydrogen-bond acceptors (Lipinski definition) is 11. The number of carbonyl (C=O) groups is 1. The van der Waals surface area contributed by atoms with Gasteiger partial charge >= 0.3 is 5.97 Å². The van der Waals surface area contributed by atoms with Gasteiger partial charge in [0.15, 0.2) is 0 Å². The highest BCUT2D eigenvalue weighted by Crippen LogP contribution is 2.09. The van der Waals surface area contributed by atoms with Crippen LogP contribution in [-0.4, -0.2) is 127 Å². The monoisotopic (exact) mass is 577 g/mol. The number of hydrogen-bond donors (Lipinski definition) is 2. The Morgan fingerprint density at radius 3 is 2.25 bits per heavy atom. The first-order valence-corrected chi connectivity index (χ1v) is 15.0. The van der Waals surface area contributed by atoms with Gasteiger partial charge in [0.2, 0.25) is 0 Å². The Morgan fingerprint density at radius 2 is 1.57 bits per heavy atom. The van der Waals surface area contributed by atoms with E-state index in [2.05, 4.69) is 19.8 Å². The molecule has 1 aliphatic heterocycles.